The highest BCUT2D eigenvalue weighted by Crippen LogP contribution is 2.34. The van der Waals surface area contributed by atoms with Gasteiger partial charge >= 0.3 is 5.97 Å². The van der Waals surface area contributed by atoms with E-state index >= 15 is 0 Å². The predicted octanol–water partition coefficient (Wildman–Crippen LogP) is 5.19. The fraction of sp³-hybridized carbons (Fsp3) is 0.136. The highest BCUT2D eigenvalue weighted by atomic mass is 127. The molecule has 0 amide bonds. The van der Waals surface area contributed by atoms with Crippen LogP contribution in [0.2, 0.25) is 0 Å². The van der Waals surface area contributed by atoms with E-state index < -0.39 is 5.97 Å². The van der Waals surface area contributed by atoms with E-state index in [4.69, 9.17) is 14.6 Å². The van der Waals surface area contributed by atoms with E-state index in [1.165, 1.54) is 0 Å². The molecule has 0 atom stereocenters. The molecule has 0 aliphatic carbocycles. The number of halogens is 1. The molecule has 144 valence electrons. The van der Waals surface area contributed by atoms with Crippen LogP contribution in [0.5, 0.6) is 11.5 Å². The molecule has 0 aliphatic rings. The number of rotatable bonds is 8. The number of carboxylic acid groups (broad SMARTS) is 1. The first-order valence-corrected chi connectivity index (χ1v) is 9.75. The van der Waals surface area contributed by atoms with Crippen LogP contribution in [-0.2, 0) is 13.2 Å². The number of ether oxygens (including phenoxy) is 2. The van der Waals surface area contributed by atoms with Gasteiger partial charge in [-0.15, -0.1) is 0 Å². The molecule has 28 heavy (non-hydrogen) atoms. The average molecular weight is 489 g/mol. The number of carboxylic acids is 1. The van der Waals surface area contributed by atoms with Crippen LogP contribution in [0.3, 0.4) is 0 Å². The summed E-state index contributed by atoms with van der Waals surface area (Å²) in [6.07, 6.45) is 0. The van der Waals surface area contributed by atoms with Gasteiger partial charge in [-0.2, -0.15) is 0 Å². The molecule has 0 spiro atoms. The SMILES string of the molecule is COc1cc(CNc2cccc(C(=O)O)c2)cc(I)c1OCc1ccccc1. The molecule has 0 radical (unpaired) electrons. The maximum atomic E-state index is 11.1. The molecule has 0 unspecified atom stereocenters. The average Bonchev–Trinajstić information content (AvgIpc) is 2.72. The van der Waals surface area contributed by atoms with Crippen LogP contribution in [0.1, 0.15) is 21.5 Å². The van der Waals surface area contributed by atoms with Crippen molar-refractivity contribution in [2.45, 2.75) is 13.2 Å². The second kappa shape index (κ2) is 9.45. The Morgan fingerprint density at radius 2 is 1.82 bits per heavy atom. The van der Waals surface area contributed by atoms with Crippen LogP contribution in [0.4, 0.5) is 5.69 Å². The van der Waals surface area contributed by atoms with E-state index in [2.05, 4.69) is 27.9 Å². The number of hydrogen-bond donors (Lipinski definition) is 2. The van der Waals surface area contributed by atoms with Gasteiger partial charge in [-0.05, 0) is 64.0 Å². The molecule has 3 aromatic rings. The first kappa shape index (κ1) is 20.0. The number of methoxy groups -OCH3 is 1. The fourth-order valence-electron chi connectivity index (χ4n) is 2.71. The minimum atomic E-state index is -0.945. The van der Waals surface area contributed by atoms with Crippen molar-refractivity contribution < 1.29 is 19.4 Å². The number of aromatic carboxylic acids is 1. The van der Waals surface area contributed by atoms with Crippen molar-refractivity contribution in [3.63, 3.8) is 0 Å². The van der Waals surface area contributed by atoms with Crippen molar-refractivity contribution in [1.82, 2.24) is 0 Å². The van der Waals surface area contributed by atoms with Gasteiger partial charge in [-0.25, -0.2) is 4.79 Å². The quantitative estimate of drug-likeness (QED) is 0.427. The molecule has 3 rings (SSSR count). The van der Waals surface area contributed by atoms with E-state index in [0.29, 0.717) is 24.7 Å². The highest BCUT2D eigenvalue weighted by molar-refractivity contribution is 14.1. The zero-order valence-electron chi connectivity index (χ0n) is 15.3. The molecule has 0 aliphatic heterocycles. The summed E-state index contributed by atoms with van der Waals surface area (Å²) >= 11 is 2.24. The molecular formula is C22H20INO4. The van der Waals surface area contributed by atoms with E-state index in [9.17, 15) is 4.79 Å². The zero-order chi connectivity index (χ0) is 19.9. The summed E-state index contributed by atoms with van der Waals surface area (Å²) in [5.74, 6) is 0.433. The van der Waals surface area contributed by atoms with Crippen LogP contribution in [0.25, 0.3) is 0 Å². The smallest absolute Gasteiger partial charge is 0.335 e. The first-order valence-electron chi connectivity index (χ1n) is 8.67. The van der Waals surface area contributed by atoms with E-state index in [-0.39, 0.29) is 5.56 Å². The van der Waals surface area contributed by atoms with Crippen molar-refractivity contribution in [3.05, 3.63) is 87.0 Å². The summed E-state index contributed by atoms with van der Waals surface area (Å²) in [6.45, 7) is 1.00. The van der Waals surface area contributed by atoms with Gasteiger partial charge in [0.25, 0.3) is 0 Å². The van der Waals surface area contributed by atoms with Crippen LogP contribution >= 0.6 is 22.6 Å². The first-order chi connectivity index (χ1) is 13.6. The molecule has 0 saturated carbocycles. The van der Waals surface area contributed by atoms with Crippen LogP contribution in [0.15, 0.2) is 66.7 Å². The number of nitrogens with one attached hydrogen (secondary N) is 1. The van der Waals surface area contributed by atoms with Crippen LogP contribution in [-0.4, -0.2) is 18.2 Å². The van der Waals surface area contributed by atoms with Crippen molar-refractivity contribution in [1.29, 1.82) is 0 Å². The van der Waals surface area contributed by atoms with Crippen LogP contribution in [0, 0.1) is 3.57 Å². The maximum absolute atomic E-state index is 11.1. The van der Waals surface area contributed by atoms with Gasteiger partial charge in [0.2, 0.25) is 0 Å². The van der Waals surface area contributed by atoms with Gasteiger partial charge in [0.15, 0.2) is 11.5 Å². The number of anilines is 1. The van der Waals surface area contributed by atoms with Crippen LogP contribution < -0.4 is 14.8 Å². The van der Waals surface area contributed by atoms with Gasteiger partial charge in [0.1, 0.15) is 6.61 Å². The summed E-state index contributed by atoms with van der Waals surface area (Å²) in [6, 6.07) is 20.7. The Morgan fingerprint density at radius 3 is 2.54 bits per heavy atom. The van der Waals surface area contributed by atoms with Crippen molar-refractivity contribution >= 4 is 34.2 Å². The molecule has 3 aromatic carbocycles. The minimum absolute atomic E-state index is 0.252. The van der Waals surface area contributed by atoms with Gasteiger partial charge in [-0.3, -0.25) is 0 Å². The third-order valence-electron chi connectivity index (χ3n) is 4.12. The van der Waals surface area contributed by atoms with E-state index in [1.807, 2.05) is 48.5 Å². The lowest BCUT2D eigenvalue weighted by molar-refractivity contribution is 0.0697. The molecule has 0 bridgehead atoms. The molecule has 0 heterocycles. The topological polar surface area (TPSA) is 67.8 Å². The molecule has 2 N–H and O–H groups in total. The standard InChI is InChI=1S/C22H20INO4/c1-27-20-11-16(13-24-18-9-5-8-17(12-18)22(25)26)10-19(23)21(20)28-14-15-6-3-2-4-7-15/h2-12,24H,13-14H2,1H3,(H,25,26). The summed E-state index contributed by atoms with van der Waals surface area (Å²) in [7, 11) is 1.62. The lowest BCUT2D eigenvalue weighted by Crippen LogP contribution is -2.04. The Hall–Kier alpha value is -2.74. The Morgan fingerprint density at radius 1 is 1.04 bits per heavy atom. The maximum Gasteiger partial charge on any atom is 0.335 e. The molecule has 5 nitrogen and oxygen atoms in total. The summed E-state index contributed by atoms with van der Waals surface area (Å²) in [5, 5.41) is 12.4. The minimum Gasteiger partial charge on any atom is -0.493 e. The summed E-state index contributed by atoms with van der Waals surface area (Å²) < 4.78 is 12.5. The number of carbonyl (C=O) groups is 1. The molecular weight excluding hydrogens is 469 g/mol. The van der Waals surface area contributed by atoms with Gasteiger partial charge < -0.3 is 19.9 Å². The predicted molar refractivity (Wildman–Crippen MR) is 117 cm³/mol. The van der Waals surface area contributed by atoms with Gasteiger partial charge in [0, 0.05) is 12.2 Å². The molecule has 0 saturated heterocycles. The monoisotopic (exact) mass is 489 g/mol. The number of hydrogen-bond acceptors (Lipinski definition) is 4. The lowest BCUT2D eigenvalue weighted by Gasteiger charge is -2.15. The summed E-state index contributed by atoms with van der Waals surface area (Å²) in [5.41, 5.74) is 3.10. The van der Waals surface area contributed by atoms with Gasteiger partial charge in [-0.1, -0.05) is 36.4 Å². The van der Waals surface area contributed by atoms with Crippen molar-refractivity contribution in [3.8, 4) is 11.5 Å². The highest BCUT2D eigenvalue weighted by Gasteiger charge is 2.12. The largest absolute Gasteiger partial charge is 0.493 e. The van der Waals surface area contributed by atoms with Crippen molar-refractivity contribution in [2.75, 3.05) is 12.4 Å². The summed E-state index contributed by atoms with van der Waals surface area (Å²) in [4.78, 5) is 11.1. The second-order valence-corrected chi connectivity index (χ2v) is 7.29. The molecule has 0 aromatic heterocycles. The van der Waals surface area contributed by atoms with E-state index in [1.54, 1.807) is 25.3 Å². The zero-order valence-corrected chi connectivity index (χ0v) is 17.5. The fourth-order valence-corrected chi connectivity index (χ4v) is 3.53. The Kier molecular flexibility index (Phi) is 6.76. The number of benzene rings is 3. The Balaban J connectivity index is 1.72. The normalized spacial score (nSPS) is 10.4. The van der Waals surface area contributed by atoms with E-state index in [0.717, 1.165) is 20.4 Å². The third-order valence-corrected chi connectivity index (χ3v) is 4.92. The molecule has 0 fully saturated rings. The lowest BCUT2D eigenvalue weighted by atomic mass is 10.1. The molecule has 6 heteroatoms. The second-order valence-electron chi connectivity index (χ2n) is 6.12. The van der Waals surface area contributed by atoms with Crippen molar-refractivity contribution in [2.24, 2.45) is 0 Å². The Bertz CT molecular complexity index is 960. The van der Waals surface area contributed by atoms with Gasteiger partial charge in [0.05, 0.1) is 16.2 Å². The third kappa shape index (κ3) is 5.16. The Labute approximate surface area is 177 Å².